The molecule has 21 heavy (non-hydrogen) atoms. The van der Waals surface area contributed by atoms with Gasteiger partial charge in [0.25, 0.3) is 0 Å². The van der Waals surface area contributed by atoms with E-state index in [-0.39, 0.29) is 11.9 Å². The molecule has 0 saturated carbocycles. The number of benzene rings is 2. The molecule has 0 spiro atoms. The van der Waals surface area contributed by atoms with Gasteiger partial charge in [-0.1, -0.05) is 42.8 Å². The molecule has 0 bridgehead atoms. The maximum atomic E-state index is 13.8. The molecule has 0 heterocycles. The Hall–Kier alpha value is -0.900. The first-order valence-corrected chi connectivity index (χ1v) is 8.20. The van der Waals surface area contributed by atoms with Crippen molar-refractivity contribution in [1.82, 2.24) is 5.32 Å². The van der Waals surface area contributed by atoms with Crippen molar-refractivity contribution >= 4 is 27.5 Å². The fourth-order valence-electron chi connectivity index (χ4n) is 2.30. The van der Waals surface area contributed by atoms with Crippen LogP contribution in [-0.2, 0) is 6.42 Å². The standard InChI is InChI=1S/C17H18BrClFN/c1-2-9-21-16(11-12-5-3-6-13(19)10-12)14-7-4-8-15(20)17(14)18/h3-8,10,16,21H,2,9,11H2,1H3. The van der Waals surface area contributed by atoms with Crippen molar-refractivity contribution in [2.75, 3.05) is 6.54 Å². The molecule has 0 aliphatic rings. The third-order valence-corrected chi connectivity index (χ3v) is 4.40. The smallest absolute Gasteiger partial charge is 0.137 e. The summed E-state index contributed by atoms with van der Waals surface area (Å²) in [5, 5.41) is 4.20. The molecule has 0 aliphatic heterocycles. The van der Waals surface area contributed by atoms with Crippen LogP contribution in [0.4, 0.5) is 4.39 Å². The summed E-state index contributed by atoms with van der Waals surface area (Å²) in [6.45, 7) is 3.00. The third kappa shape index (κ3) is 4.53. The van der Waals surface area contributed by atoms with E-state index in [0.717, 1.165) is 35.5 Å². The van der Waals surface area contributed by atoms with Crippen LogP contribution in [0, 0.1) is 5.82 Å². The molecule has 1 nitrogen and oxygen atoms in total. The molecule has 1 N–H and O–H groups in total. The summed E-state index contributed by atoms with van der Waals surface area (Å²) < 4.78 is 14.3. The van der Waals surface area contributed by atoms with Crippen molar-refractivity contribution in [2.45, 2.75) is 25.8 Å². The van der Waals surface area contributed by atoms with E-state index in [1.54, 1.807) is 6.07 Å². The molecule has 112 valence electrons. The van der Waals surface area contributed by atoms with Crippen LogP contribution in [0.3, 0.4) is 0 Å². The summed E-state index contributed by atoms with van der Waals surface area (Å²) in [7, 11) is 0. The Labute approximate surface area is 138 Å². The van der Waals surface area contributed by atoms with Gasteiger partial charge in [-0.05, 0) is 64.6 Å². The van der Waals surface area contributed by atoms with Gasteiger partial charge in [0.2, 0.25) is 0 Å². The van der Waals surface area contributed by atoms with Gasteiger partial charge in [0, 0.05) is 11.1 Å². The van der Waals surface area contributed by atoms with Crippen LogP contribution in [0.1, 0.15) is 30.5 Å². The van der Waals surface area contributed by atoms with Gasteiger partial charge in [-0.25, -0.2) is 4.39 Å². The second-order valence-corrected chi connectivity index (χ2v) is 6.21. The molecule has 0 aliphatic carbocycles. The Kier molecular flexibility index (Phi) is 6.22. The summed E-state index contributed by atoms with van der Waals surface area (Å²) in [6, 6.07) is 13.0. The lowest BCUT2D eigenvalue weighted by Gasteiger charge is -2.21. The second-order valence-electron chi connectivity index (χ2n) is 4.98. The number of hydrogen-bond acceptors (Lipinski definition) is 1. The Morgan fingerprint density at radius 3 is 2.71 bits per heavy atom. The van der Waals surface area contributed by atoms with E-state index in [2.05, 4.69) is 28.2 Å². The predicted octanol–water partition coefficient (Wildman–Crippen LogP) is 5.53. The minimum atomic E-state index is -0.234. The molecule has 2 rings (SSSR count). The zero-order valence-electron chi connectivity index (χ0n) is 11.9. The highest BCUT2D eigenvalue weighted by molar-refractivity contribution is 9.10. The number of hydrogen-bond donors (Lipinski definition) is 1. The number of rotatable bonds is 6. The molecular weight excluding hydrogens is 353 g/mol. The van der Waals surface area contributed by atoms with E-state index in [1.165, 1.54) is 6.07 Å². The minimum absolute atomic E-state index is 0.0495. The van der Waals surface area contributed by atoms with Crippen LogP contribution < -0.4 is 5.32 Å². The van der Waals surface area contributed by atoms with Gasteiger partial charge in [0.15, 0.2) is 0 Å². The van der Waals surface area contributed by atoms with Gasteiger partial charge in [-0.15, -0.1) is 0 Å². The molecule has 2 aromatic carbocycles. The molecular formula is C17H18BrClFN. The van der Waals surface area contributed by atoms with Gasteiger partial charge in [-0.2, -0.15) is 0 Å². The monoisotopic (exact) mass is 369 g/mol. The summed E-state index contributed by atoms with van der Waals surface area (Å²) >= 11 is 9.40. The van der Waals surface area contributed by atoms with Crippen molar-refractivity contribution in [3.05, 3.63) is 68.9 Å². The fourth-order valence-corrected chi connectivity index (χ4v) is 3.05. The van der Waals surface area contributed by atoms with Crippen molar-refractivity contribution in [3.8, 4) is 0 Å². The Morgan fingerprint density at radius 2 is 2.00 bits per heavy atom. The highest BCUT2D eigenvalue weighted by Crippen LogP contribution is 2.29. The fraction of sp³-hybridized carbons (Fsp3) is 0.294. The largest absolute Gasteiger partial charge is 0.310 e. The summed E-state index contributed by atoms with van der Waals surface area (Å²) in [6.07, 6.45) is 1.79. The summed E-state index contributed by atoms with van der Waals surface area (Å²) in [4.78, 5) is 0. The van der Waals surface area contributed by atoms with Crippen molar-refractivity contribution < 1.29 is 4.39 Å². The Balaban J connectivity index is 2.27. The first-order valence-electron chi connectivity index (χ1n) is 7.03. The van der Waals surface area contributed by atoms with Gasteiger partial charge < -0.3 is 5.32 Å². The first-order chi connectivity index (χ1) is 10.1. The molecule has 0 radical (unpaired) electrons. The predicted molar refractivity (Wildman–Crippen MR) is 90.3 cm³/mol. The minimum Gasteiger partial charge on any atom is -0.310 e. The third-order valence-electron chi connectivity index (χ3n) is 3.33. The van der Waals surface area contributed by atoms with Gasteiger partial charge in [-0.3, -0.25) is 0 Å². The SMILES string of the molecule is CCCNC(Cc1cccc(Cl)c1)c1cccc(F)c1Br. The normalized spacial score (nSPS) is 12.4. The van der Waals surface area contributed by atoms with Crippen LogP contribution >= 0.6 is 27.5 Å². The van der Waals surface area contributed by atoms with E-state index < -0.39 is 0 Å². The lowest BCUT2D eigenvalue weighted by atomic mass is 9.98. The van der Waals surface area contributed by atoms with E-state index in [0.29, 0.717) is 4.47 Å². The molecule has 2 aromatic rings. The van der Waals surface area contributed by atoms with Crippen molar-refractivity contribution in [2.24, 2.45) is 0 Å². The molecule has 0 saturated heterocycles. The quantitative estimate of drug-likeness (QED) is 0.705. The Bertz CT molecular complexity index is 603. The number of nitrogens with one attached hydrogen (secondary N) is 1. The van der Waals surface area contributed by atoms with E-state index in [4.69, 9.17) is 11.6 Å². The lowest BCUT2D eigenvalue weighted by molar-refractivity contribution is 0.521. The zero-order chi connectivity index (χ0) is 15.2. The zero-order valence-corrected chi connectivity index (χ0v) is 14.2. The molecule has 4 heteroatoms. The lowest BCUT2D eigenvalue weighted by Crippen LogP contribution is -2.24. The number of halogens is 3. The molecule has 0 amide bonds. The topological polar surface area (TPSA) is 12.0 Å². The maximum Gasteiger partial charge on any atom is 0.137 e. The average Bonchev–Trinajstić information content (AvgIpc) is 2.47. The molecule has 0 aromatic heterocycles. The molecule has 1 atom stereocenters. The Morgan fingerprint density at radius 1 is 1.24 bits per heavy atom. The van der Waals surface area contributed by atoms with E-state index in [1.807, 2.05) is 30.3 Å². The van der Waals surface area contributed by atoms with E-state index in [9.17, 15) is 4.39 Å². The van der Waals surface area contributed by atoms with Gasteiger partial charge >= 0.3 is 0 Å². The van der Waals surface area contributed by atoms with Gasteiger partial charge in [0.1, 0.15) is 5.82 Å². The maximum absolute atomic E-state index is 13.8. The summed E-state index contributed by atoms with van der Waals surface area (Å²) in [5.41, 5.74) is 2.07. The van der Waals surface area contributed by atoms with Crippen molar-refractivity contribution in [3.63, 3.8) is 0 Å². The van der Waals surface area contributed by atoms with Crippen molar-refractivity contribution in [1.29, 1.82) is 0 Å². The molecule has 1 unspecified atom stereocenters. The van der Waals surface area contributed by atoms with E-state index >= 15 is 0 Å². The van der Waals surface area contributed by atoms with Crippen LogP contribution in [0.2, 0.25) is 5.02 Å². The molecule has 0 fully saturated rings. The highest BCUT2D eigenvalue weighted by atomic mass is 79.9. The van der Waals surface area contributed by atoms with Crippen LogP contribution in [0.15, 0.2) is 46.9 Å². The van der Waals surface area contributed by atoms with Crippen LogP contribution in [-0.4, -0.2) is 6.54 Å². The average molecular weight is 371 g/mol. The van der Waals surface area contributed by atoms with Crippen LogP contribution in [0.25, 0.3) is 0 Å². The highest BCUT2D eigenvalue weighted by Gasteiger charge is 2.16. The second kappa shape index (κ2) is 7.92. The first kappa shape index (κ1) is 16.5. The van der Waals surface area contributed by atoms with Crippen LogP contribution in [0.5, 0.6) is 0 Å². The van der Waals surface area contributed by atoms with Gasteiger partial charge in [0.05, 0.1) is 4.47 Å². The summed E-state index contributed by atoms with van der Waals surface area (Å²) in [5.74, 6) is -0.234.